The number of thiophene rings is 1. The largest absolute Gasteiger partial charge is 0.493 e. The molecule has 3 heterocycles. The lowest BCUT2D eigenvalue weighted by atomic mass is 9.96. The number of fused-ring (bicyclic) bond motifs is 1. The molecule has 8 heteroatoms. The van der Waals surface area contributed by atoms with Gasteiger partial charge in [-0.2, -0.15) is 0 Å². The maximum atomic E-state index is 13.1. The number of nitrogens with zero attached hydrogens (tertiary/aromatic N) is 2. The lowest BCUT2D eigenvalue weighted by Gasteiger charge is -2.32. The smallest absolute Gasteiger partial charge is 0.270 e. The van der Waals surface area contributed by atoms with Crippen LogP contribution >= 0.6 is 11.3 Å². The number of hydrogen-bond donors (Lipinski definition) is 1. The number of amides is 2. The number of rotatable bonds is 7. The molecule has 4 rings (SSSR count). The van der Waals surface area contributed by atoms with Gasteiger partial charge in [0.25, 0.3) is 5.91 Å². The van der Waals surface area contributed by atoms with Gasteiger partial charge in [-0.25, -0.2) is 0 Å². The third-order valence-corrected chi connectivity index (χ3v) is 6.98. The van der Waals surface area contributed by atoms with E-state index in [-0.39, 0.29) is 17.7 Å². The van der Waals surface area contributed by atoms with E-state index < -0.39 is 0 Å². The molecular weight excluding hydrogens is 426 g/mol. The molecular formula is C24H29N3O4S. The topological polar surface area (TPSA) is 72.8 Å². The van der Waals surface area contributed by atoms with Gasteiger partial charge in [-0.05, 0) is 54.5 Å². The van der Waals surface area contributed by atoms with Crippen molar-refractivity contribution in [1.82, 2.24) is 14.8 Å². The Bertz CT molecular complexity index is 1120. The van der Waals surface area contributed by atoms with Gasteiger partial charge >= 0.3 is 0 Å². The number of ether oxygens (including phenoxy) is 2. The van der Waals surface area contributed by atoms with Crippen LogP contribution in [0, 0.1) is 5.92 Å². The summed E-state index contributed by atoms with van der Waals surface area (Å²) in [5.74, 6) is 1.19. The number of hydrogen-bond acceptors (Lipinski definition) is 5. The summed E-state index contributed by atoms with van der Waals surface area (Å²) in [5.41, 5.74) is 2.81. The third kappa shape index (κ3) is 4.46. The summed E-state index contributed by atoms with van der Waals surface area (Å²) in [5, 5.41) is 5.07. The highest BCUT2D eigenvalue weighted by Crippen LogP contribution is 2.28. The molecule has 0 saturated carbocycles. The number of aromatic nitrogens is 1. The van der Waals surface area contributed by atoms with Crippen LogP contribution in [0.2, 0.25) is 0 Å². The van der Waals surface area contributed by atoms with Crippen molar-refractivity contribution in [2.75, 3.05) is 33.9 Å². The van der Waals surface area contributed by atoms with Crippen LogP contribution in [0.15, 0.2) is 35.7 Å². The summed E-state index contributed by atoms with van der Waals surface area (Å²) in [6.45, 7) is 1.68. The first-order chi connectivity index (χ1) is 15.5. The molecule has 1 aliphatic heterocycles. The molecule has 7 nitrogen and oxygen atoms in total. The normalized spacial score (nSPS) is 16.2. The zero-order valence-corrected chi connectivity index (χ0v) is 19.5. The van der Waals surface area contributed by atoms with Crippen molar-refractivity contribution in [2.24, 2.45) is 13.0 Å². The molecule has 0 radical (unpaired) electrons. The third-order valence-electron chi connectivity index (χ3n) is 6.12. The van der Waals surface area contributed by atoms with E-state index in [1.165, 1.54) is 0 Å². The van der Waals surface area contributed by atoms with Crippen molar-refractivity contribution in [2.45, 2.75) is 19.3 Å². The average molecular weight is 456 g/mol. The lowest BCUT2D eigenvalue weighted by Crippen LogP contribution is -2.46. The van der Waals surface area contributed by atoms with Crippen molar-refractivity contribution >= 4 is 33.4 Å². The SMILES string of the molecule is COc1ccc(CCNC(=O)C2CCCN(C(=O)c3cc4sccc4n3C)C2)cc1OC. The van der Waals surface area contributed by atoms with E-state index in [9.17, 15) is 9.59 Å². The van der Waals surface area contributed by atoms with E-state index in [1.807, 2.05) is 52.2 Å². The molecule has 1 aliphatic rings. The highest BCUT2D eigenvalue weighted by molar-refractivity contribution is 7.17. The van der Waals surface area contributed by atoms with E-state index in [0.29, 0.717) is 43.2 Å². The molecule has 32 heavy (non-hydrogen) atoms. The quantitative estimate of drug-likeness (QED) is 0.592. The maximum Gasteiger partial charge on any atom is 0.270 e. The van der Waals surface area contributed by atoms with Crippen LogP contribution in [0.3, 0.4) is 0 Å². The fraction of sp³-hybridized carbons (Fsp3) is 0.417. The minimum Gasteiger partial charge on any atom is -0.493 e. The predicted molar refractivity (Wildman–Crippen MR) is 126 cm³/mol. The summed E-state index contributed by atoms with van der Waals surface area (Å²) < 4.78 is 13.7. The van der Waals surface area contributed by atoms with Crippen LogP contribution in [-0.2, 0) is 18.3 Å². The molecule has 2 aromatic heterocycles. The van der Waals surface area contributed by atoms with Crippen LogP contribution < -0.4 is 14.8 Å². The van der Waals surface area contributed by atoms with Gasteiger partial charge in [-0.1, -0.05) is 6.07 Å². The summed E-state index contributed by atoms with van der Waals surface area (Å²) in [4.78, 5) is 27.7. The van der Waals surface area contributed by atoms with E-state index in [2.05, 4.69) is 5.32 Å². The summed E-state index contributed by atoms with van der Waals surface area (Å²) in [7, 11) is 5.14. The predicted octanol–water partition coefficient (Wildman–Crippen LogP) is 3.47. The summed E-state index contributed by atoms with van der Waals surface area (Å²) in [6, 6.07) is 9.75. The zero-order valence-electron chi connectivity index (χ0n) is 18.7. The van der Waals surface area contributed by atoms with Gasteiger partial charge in [-0.15, -0.1) is 11.3 Å². The number of carbonyl (C=O) groups excluding carboxylic acids is 2. The first-order valence-corrected chi connectivity index (χ1v) is 11.7. The minimum atomic E-state index is -0.181. The Labute approximate surface area is 191 Å². The Balaban J connectivity index is 1.33. The maximum absolute atomic E-state index is 13.1. The molecule has 0 bridgehead atoms. The number of aryl methyl sites for hydroxylation is 1. The molecule has 1 atom stereocenters. The van der Waals surface area contributed by atoms with Gasteiger partial charge in [0, 0.05) is 26.7 Å². The summed E-state index contributed by atoms with van der Waals surface area (Å²) >= 11 is 1.63. The standard InChI is InChI=1S/C24H29N3O4S/c1-26-18-9-12-32-22(18)14-19(26)24(29)27-11-4-5-17(15-27)23(28)25-10-8-16-6-7-20(30-2)21(13-16)31-3/h6-7,9,12-14,17H,4-5,8,10-11,15H2,1-3H3,(H,25,28). The first-order valence-electron chi connectivity index (χ1n) is 10.8. The molecule has 0 spiro atoms. The summed E-state index contributed by atoms with van der Waals surface area (Å²) in [6.07, 6.45) is 2.33. The van der Waals surface area contributed by atoms with Crippen LogP contribution in [0.1, 0.15) is 28.9 Å². The van der Waals surface area contributed by atoms with Crippen molar-refractivity contribution in [3.05, 3.63) is 47.0 Å². The lowest BCUT2D eigenvalue weighted by molar-refractivity contribution is -0.126. The van der Waals surface area contributed by atoms with Gasteiger partial charge in [-0.3, -0.25) is 9.59 Å². The Kier molecular flexibility index (Phi) is 6.69. The van der Waals surface area contributed by atoms with Crippen LogP contribution in [0.4, 0.5) is 0 Å². The zero-order chi connectivity index (χ0) is 22.7. The minimum absolute atomic E-state index is 0.00118. The van der Waals surface area contributed by atoms with Crippen LogP contribution in [0.5, 0.6) is 11.5 Å². The van der Waals surface area contributed by atoms with E-state index in [4.69, 9.17) is 9.47 Å². The highest BCUT2D eigenvalue weighted by atomic mass is 32.1. The Morgan fingerprint density at radius 1 is 1.16 bits per heavy atom. The molecule has 0 aliphatic carbocycles. The van der Waals surface area contributed by atoms with E-state index in [1.54, 1.807) is 25.6 Å². The van der Waals surface area contributed by atoms with Gasteiger partial charge in [0.15, 0.2) is 11.5 Å². The van der Waals surface area contributed by atoms with Gasteiger partial charge in [0.1, 0.15) is 5.69 Å². The molecule has 1 saturated heterocycles. The second-order valence-electron chi connectivity index (χ2n) is 8.08. The van der Waals surface area contributed by atoms with Crippen molar-refractivity contribution in [3.63, 3.8) is 0 Å². The second-order valence-corrected chi connectivity index (χ2v) is 9.03. The highest BCUT2D eigenvalue weighted by Gasteiger charge is 2.30. The number of benzene rings is 1. The fourth-order valence-electron chi connectivity index (χ4n) is 4.30. The van der Waals surface area contributed by atoms with Gasteiger partial charge in [0.2, 0.25) is 5.91 Å². The number of carbonyl (C=O) groups is 2. The van der Waals surface area contributed by atoms with Crippen molar-refractivity contribution in [1.29, 1.82) is 0 Å². The number of methoxy groups -OCH3 is 2. The second kappa shape index (κ2) is 9.65. The van der Waals surface area contributed by atoms with Gasteiger partial charge in [0.05, 0.1) is 30.4 Å². The van der Waals surface area contributed by atoms with E-state index >= 15 is 0 Å². The average Bonchev–Trinajstić information content (AvgIpc) is 3.41. The molecule has 1 unspecified atom stereocenters. The van der Waals surface area contributed by atoms with E-state index in [0.717, 1.165) is 28.6 Å². The van der Waals surface area contributed by atoms with Crippen molar-refractivity contribution < 1.29 is 19.1 Å². The molecule has 1 aromatic carbocycles. The van der Waals surface area contributed by atoms with Crippen LogP contribution in [0.25, 0.3) is 10.2 Å². The number of piperidine rings is 1. The Morgan fingerprint density at radius 2 is 1.97 bits per heavy atom. The van der Waals surface area contributed by atoms with Crippen molar-refractivity contribution in [3.8, 4) is 11.5 Å². The molecule has 3 aromatic rings. The fourth-order valence-corrected chi connectivity index (χ4v) is 5.15. The molecule has 2 amide bonds. The van der Waals surface area contributed by atoms with Crippen LogP contribution in [-0.4, -0.2) is 55.1 Å². The number of nitrogens with one attached hydrogen (secondary N) is 1. The Hall–Kier alpha value is -3.00. The monoisotopic (exact) mass is 455 g/mol. The molecule has 170 valence electrons. The molecule has 1 N–H and O–H groups in total. The van der Waals surface area contributed by atoms with Gasteiger partial charge < -0.3 is 24.3 Å². The first kappa shape index (κ1) is 22.2. The molecule has 1 fully saturated rings. The number of likely N-dealkylation sites (tertiary alicyclic amines) is 1. The Morgan fingerprint density at radius 3 is 2.72 bits per heavy atom.